The number of piperazine rings is 1. The molecule has 3 rings (SSSR count). The first kappa shape index (κ1) is 22.6. The van der Waals surface area contributed by atoms with Crippen molar-refractivity contribution in [2.75, 3.05) is 59.0 Å². The quantitative estimate of drug-likeness (QED) is 0.668. The van der Waals surface area contributed by atoms with Gasteiger partial charge in [-0.15, -0.1) is 0 Å². The molecule has 1 aromatic carbocycles. The Morgan fingerprint density at radius 1 is 1.03 bits per heavy atom. The van der Waals surface area contributed by atoms with Gasteiger partial charge < -0.3 is 14.5 Å². The van der Waals surface area contributed by atoms with Crippen LogP contribution in [0.5, 0.6) is 0 Å². The first-order valence-electron chi connectivity index (χ1n) is 9.65. The normalized spacial score (nSPS) is 18.8. The molecule has 0 spiro atoms. The van der Waals surface area contributed by atoms with Gasteiger partial charge in [-0.3, -0.25) is 14.5 Å². The predicted molar refractivity (Wildman–Crippen MR) is 106 cm³/mol. The average Bonchev–Trinajstić information content (AvgIpc) is 2.73. The molecule has 2 aliphatic heterocycles. The average molecular weight is 446 g/mol. The lowest BCUT2D eigenvalue weighted by molar-refractivity contribution is -0.138. The van der Waals surface area contributed by atoms with Crippen LogP contribution in [-0.2, 0) is 20.5 Å². The van der Waals surface area contributed by atoms with Gasteiger partial charge in [-0.1, -0.05) is 11.6 Å². The van der Waals surface area contributed by atoms with Crippen LogP contribution in [0.1, 0.15) is 11.1 Å². The topological polar surface area (TPSA) is 53.1 Å². The molecule has 0 atom stereocenters. The number of ether oxygens (including phenoxy) is 1. The number of rotatable bonds is 4. The number of hydrogen-bond acceptors (Lipinski definition) is 4. The molecule has 6 nitrogen and oxygen atoms in total. The lowest BCUT2D eigenvalue weighted by Crippen LogP contribution is -2.52. The molecule has 0 aliphatic carbocycles. The Morgan fingerprint density at radius 3 is 2.33 bits per heavy atom. The molecular formula is C20H23ClF3N3O3. The highest BCUT2D eigenvalue weighted by molar-refractivity contribution is 6.32. The minimum atomic E-state index is -4.48. The first-order valence-corrected chi connectivity index (χ1v) is 10.0. The molecule has 2 heterocycles. The Morgan fingerprint density at radius 2 is 1.70 bits per heavy atom. The zero-order valence-corrected chi connectivity index (χ0v) is 17.1. The number of nitrogens with zero attached hydrogens (tertiary/aromatic N) is 3. The Labute approximate surface area is 177 Å². The van der Waals surface area contributed by atoms with Crippen molar-refractivity contribution >= 4 is 29.5 Å². The second-order valence-corrected chi connectivity index (χ2v) is 7.57. The summed E-state index contributed by atoms with van der Waals surface area (Å²) in [6.45, 7) is 4.59. The molecule has 10 heteroatoms. The van der Waals surface area contributed by atoms with E-state index in [0.717, 1.165) is 12.1 Å². The van der Waals surface area contributed by atoms with E-state index in [1.54, 1.807) is 9.80 Å². The summed E-state index contributed by atoms with van der Waals surface area (Å²) >= 11 is 5.95. The lowest BCUT2D eigenvalue weighted by atomic mass is 10.1. The summed E-state index contributed by atoms with van der Waals surface area (Å²) in [5, 5.41) is 0.137. The van der Waals surface area contributed by atoms with Gasteiger partial charge in [0.15, 0.2) is 0 Å². The molecule has 2 fully saturated rings. The highest BCUT2D eigenvalue weighted by Gasteiger charge is 2.30. The van der Waals surface area contributed by atoms with Gasteiger partial charge in [0.1, 0.15) is 0 Å². The maximum Gasteiger partial charge on any atom is 0.416 e. The van der Waals surface area contributed by atoms with Crippen LogP contribution in [-0.4, -0.2) is 85.5 Å². The SMILES string of the molecule is O=C(C=Cc1cc(C(F)(F)F)ccc1Cl)N1CCN(CC(=O)N2CCOCC2)CC1. The highest BCUT2D eigenvalue weighted by Crippen LogP contribution is 2.32. The van der Waals surface area contributed by atoms with E-state index in [2.05, 4.69) is 0 Å². The number of hydrogen-bond donors (Lipinski definition) is 0. The number of benzene rings is 1. The summed E-state index contributed by atoms with van der Waals surface area (Å²) in [6.07, 6.45) is -1.95. The van der Waals surface area contributed by atoms with Gasteiger partial charge in [-0.25, -0.2) is 0 Å². The van der Waals surface area contributed by atoms with E-state index in [-0.39, 0.29) is 22.4 Å². The maximum absolute atomic E-state index is 12.9. The smallest absolute Gasteiger partial charge is 0.378 e. The zero-order chi connectivity index (χ0) is 21.7. The summed E-state index contributed by atoms with van der Waals surface area (Å²) in [4.78, 5) is 30.1. The molecule has 2 saturated heterocycles. The minimum absolute atomic E-state index is 0.0529. The van der Waals surface area contributed by atoms with Crippen molar-refractivity contribution in [1.82, 2.24) is 14.7 Å². The third-order valence-corrected chi connectivity index (χ3v) is 5.48. The van der Waals surface area contributed by atoms with E-state index in [0.29, 0.717) is 59.0 Å². The number of carbonyl (C=O) groups is 2. The van der Waals surface area contributed by atoms with Gasteiger partial charge >= 0.3 is 6.18 Å². The van der Waals surface area contributed by atoms with Gasteiger partial charge in [0.2, 0.25) is 11.8 Å². The first-order chi connectivity index (χ1) is 14.2. The van der Waals surface area contributed by atoms with Crippen molar-refractivity contribution in [2.45, 2.75) is 6.18 Å². The van der Waals surface area contributed by atoms with Gasteiger partial charge in [0, 0.05) is 50.4 Å². The number of amides is 2. The predicted octanol–water partition coefficient (Wildman–Crippen LogP) is 2.38. The van der Waals surface area contributed by atoms with Crippen LogP contribution in [0.2, 0.25) is 5.02 Å². The second-order valence-electron chi connectivity index (χ2n) is 7.16. The molecule has 0 unspecified atom stereocenters. The molecule has 0 saturated carbocycles. The number of carbonyl (C=O) groups excluding carboxylic acids is 2. The van der Waals surface area contributed by atoms with Crippen LogP contribution in [0.15, 0.2) is 24.3 Å². The Kier molecular flexibility index (Phi) is 7.38. The van der Waals surface area contributed by atoms with Crippen LogP contribution in [0, 0.1) is 0 Å². The number of alkyl halides is 3. The van der Waals surface area contributed by atoms with Crippen molar-refractivity contribution in [3.05, 3.63) is 40.4 Å². The summed E-state index contributed by atoms with van der Waals surface area (Å²) in [6, 6.07) is 2.99. The fourth-order valence-corrected chi connectivity index (χ4v) is 3.53. The molecular weight excluding hydrogens is 423 g/mol. The van der Waals surface area contributed by atoms with Gasteiger partial charge in [-0.2, -0.15) is 13.2 Å². The van der Waals surface area contributed by atoms with E-state index >= 15 is 0 Å². The van der Waals surface area contributed by atoms with Gasteiger partial charge in [-0.05, 0) is 29.8 Å². The second kappa shape index (κ2) is 9.80. The fraction of sp³-hybridized carbons (Fsp3) is 0.500. The van der Waals surface area contributed by atoms with E-state index in [1.807, 2.05) is 4.90 Å². The summed E-state index contributed by atoms with van der Waals surface area (Å²) in [7, 11) is 0. The van der Waals surface area contributed by atoms with Crippen LogP contribution in [0.25, 0.3) is 6.08 Å². The minimum Gasteiger partial charge on any atom is -0.378 e. The van der Waals surface area contributed by atoms with Crippen LogP contribution in [0.4, 0.5) is 13.2 Å². The van der Waals surface area contributed by atoms with Crippen molar-refractivity contribution in [3.8, 4) is 0 Å². The van der Waals surface area contributed by atoms with E-state index in [1.165, 1.54) is 18.2 Å². The van der Waals surface area contributed by atoms with Crippen LogP contribution < -0.4 is 0 Å². The maximum atomic E-state index is 12.9. The third kappa shape index (κ3) is 5.96. The summed E-state index contributed by atoms with van der Waals surface area (Å²) < 4.78 is 43.8. The van der Waals surface area contributed by atoms with Crippen molar-refractivity contribution in [1.29, 1.82) is 0 Å². The monoisotopic (exact) mass is 445 g/mol. The Bertz CT molecular complexity index is 802. The molecule has 0 bridgehead atoms. The Hall–Kier alpha value is -2.10. The Balaban J connectivity index is 1.51. The van der Waals surface area contributed by atoms with Gasteiger partial charge in [0.05, 0.1) is 25.3 Å². The number of morpholine rings is 1. The zero-order valence-electron chi connectivity index (χ0n) is 16.3. The van der Waals surface area contributed by atoms with Crippen molar-refractivity contribution < 1.29 is 27.5 Å². The number of halogens is 4. The van der Waals surface area contributed by atoms with Crippen LogP contribution in [0.3, 0.4) is 0 Å². The standard InChI is InChI=1S/C20H23ClF3N3O3/c21-17-3-2-16(20(22,23)24)13-15(17)1-4-18(28)26-7-5-25(6-8-26)14-19(29)27-9-11-30-12-10-27/h1-4,13H,5-12,14H2. The molecule has 0 aromatic heterocycles. The molecule has 0 radical (unpaired) electrons. The van der Waals surface area contributed by atoms with Crippen molar-refractivity contribution in [2.24, 2.45) is 0 Å². The van der Waals surface area contributed by atoms with Crippen molar-refractivity contribution in [3.63, 3.8) is 0 Å². The lowest BCUT2D eigenvalue weighted by Gasteiger charge is -2.35. The molecule has 2 amide bonds. The fourth-order valence-electron chi connectivity index (χ4n) is 3.34. The third-order valence-electron chi connectivity index (χ3n) is 5.14. The van der Waals surface area contributed by atoms with E-state index < -0.39 is 11.7 Å². The highest BCUT2D eigenvalue weighted by atomic mass is 35.5. The summed E-state index contributed by atoms with van der Waals surface area (Å²) in [5.41, 5.74) is -0.688. The molecule has 0 N–H and O–H groups in total. The van der Waals surface area contributed by atoms with E-state index in [4.69, 9.17) is 16.3 Å². The van der Waals surface area contributed by atoms with Crippen LogP contribution >= 0.6 is 11.6 Å². The molecule has 30 heavy (non-hydrogen) atoms. The van der Waals surface area contributed by atoms with E-state index in [9.17, 15) is 22.8 Å². The van der Waals surface area contributed by atoms with Gasteiger partial charge in [0.25, 0.3) is 0 Å². The molecule has 1 aromatic rings. The molecule has 164 valence electrons. The molecule has 2 aliphatic rings. The summed E-state index contributed by atoms with van der Waals surface area (Å²) in [5.74, 6) is -0.250. The largest absolute Gasteiger partial charge is 0.416 e.